The van der Waals surface area contributed by atoms with E-state index in [1.54, 1.807) is 0 Å². The Kier molecular flexibility index (Phi) is 7.36. The second-order valence-electron chi connectivity index (χ2n) is 7.54. The fourth-order valence-corrected chi connectivity index (χ4v) is 4.10. The molecule has 1 aliphatic rings. The van der Waals surface area contributed by atoms with E-state index in [0.717, 1.165) is 53.9 Å². The molecule has 0 bridgehead atoms. The number of phenolic OH excluding ortho intramolecular Hbond substituents is 1. The standard InChI is InChI=1S/C23H33N3O/c1-5-7-10-20(6-2)26-11-8-9-19(23(26)25)13-17(4)22-16(3)12-18(15-24)14-21(22)27/h12-14,20,27H,5-11,25H2,1-4H3/b17-13+. The van der Waals surface area contributed by atoms with Gasteiger partial charge in [0.2, 0.25) is 0 Å². The van der Waals surface area contributed by atoms with E-state index >= 15 is 0 Å². The molecule has 4 nitrogen and oxygen atoms in total. The van der Waals surface area contributed by atoms with E-state index in [0.29, 0.717) is 11.6 Å². The van der Waals surface area contributed by atoms with Crippen LogP contribution in [0.3, 0.4) is 0 Å². The second-order valence-corrected chi connectivity index (χ2v) is 7.54. The highest BCUT2D eigenvalue weighted by Crippen LogP contribution is 2.33. The van der Waals surface area contributed by atoms with Gasteiger partial charge in [-0.3, -0.25) is 0 Å². The minimum absolute atomic E-state index is 0.154. The van der Waals surface area contributed by atoms with Gasteiger partial charge in [0.1, 0.15) is 11.6 Å². The van der Waals surface area contributed by atoms with Crippen LogP contribution in [0.4, 0.5) is 0 Å². The lowest BCUT2D eigenvalue weighted by Gasteiger charge is -2.37. The molecule has 0 saturated heterocycles. The first-order chi connectivity index (χ1) is 12.9. The third kappa shape index (κ3) is 4.86. The molecule has 2 rings (SSSR count). The number of nitriles is 1. The molecule has 1 atom stereocenters. The topological polar surface area (TPSA) is 73.3 Å². The summed E-state index contributed by atoms with van der Waals surface area (Å²) < 4.78 is 0. The van der Waals surface area contributed by atoms with Crippen LogP contribution in [0.15, 0.2) is 29.6 Å². The van der Waals surface area contributed by atoms with Gasteiger partial charge >= 0.3 is 0 Å². The van der Waals surface area contributed by atoms with Gasteiger partial charge < -0.3 is 15.7 Å². The minimum atomic E-state index is 0.154. The summed E-state index contributed by atoms with van der Waals surface area (Å²) in [5.74, 6) is 1.04. The van der Waals surface area contributed by atoms with Crippen LogP contribution < -0.4 is 5.73 Å². The fourth-order valence-electron chi connectivity index (χ4n) is 4.10. The van der Waals surface area contributed by atoms with E-state index < -0.39 is 0 Å². The molecule has 27 heavy (non-hydrogen) atoms. The van der Waals surface area contributed by atoms with Crippen molar-refractivity contribution in [1.82, 2.24) is 4.90 Å². The Hall–Kier alpha value is -2.41. The van der Waals surface area contributed by atoms with E-state index in [9.17, 15) is 5.11 Å². The Morgan fingerprint density at radius 2 is 2.15 bits per heavy atom. The van der Waals surface area contributed by atoms with Gasteiger partial charge in [0.05, 0.1) is 11.6 Å². The molecular weight excluding hydrogens is 334 g/mol. The van der Waals surface area contributed by atoms with Gasteiger partial charge in [0, 0.05) is 18.2 Å². The van der Waals surface area contributed by atoms with Crippen molar-refractivity contribution >= 4 is 5.57 Å². The van der Waals surface area contributed by atoms with Gasteiger partial charge in [0.25, 0.3) is 0 Å². The van der Waals surface area contributed by atoms with Gasteiger partial charge in [-0.15, -0.1) is 0 Å². The molecule has 1 heterocycles. The van der Waals surface area contributed by atoms with Gasteiger partial charge in [-0.05, 0) is 68.4 Å². The highest BCUT2D eigenvalue weighted by atomic mass is 16.3. The Morgan fingerprint density at radius 3 is 2.74 bits per heavy atom. The smallest absolute Gasteiger partial charge is 0.124 e. The third-order valence-corrected chi connectivity index (χ3v) is 5.52. The van der Waals surface area contributed by atoms with E-state index in [-0.39, 0.29) is 5.75 Å². The Morgan fingerprint density at radius 1 is 1.41 bits per heavy atom. The summed E-state index contributed by atoms with van der Waals surface area (Å²) in [5, 5.41) is 19.5. The van der Waals surface area contributed by atoms with Crippen molar-refractivity contribution in [3.63, 3.8) is 0 Å². The number of nitrogens with two attached hydrogens (primary N) is 1. The van der Waals surface area contributed by atoms with Gasteiger partial charge in [-0.25, -0.2) is 0 Å². The molecule has 0 radical (unpaired) electrons. The maximum Gasteiger partial charge on any atom is 0.124 e. The Labute approximate surface area is 164 Å². The van der Waals surface area contributed by atoms with Crippen LogP contribution >= 0.6 is 0 Å². The summed E-state index contributed by atoms with van der Waals surface area (Å²) in [6.07, 6.45) is 8.89. The summed E-state index contributed by atoms with van der Waals surface area (Å²) in [5.41, 5.74) is 10.9. The molecule has 0 aliphatic carbocycles. The van der Waals surface area contributed by atoms with E-state index in [4.69, 9.17) is 11.0 Å². The molecule has 0 fully saturated rings. The van der Waals surface area contributed by atoms with Crippen LogP contribution in [0.25, 0.3) is 5.57 Å². The lowest BCUT2D eigenvalue weighted by molar-refractivity contribution is 0.212. The highest BCUT2D eigenvalue weighted by Gasteiger charge is 2.23. The van der Waals surface area contributed by atoms with Crippen molar-refractivity contribution in [2.24, 2.45) is 5.73 Å². The Bertz CT molecular complexity index is 747. The number of allylic oxidation sites excluding steroid dienone is 3. The average molecular weight is 368 g/mol. The molecule has 0 amide bonds. The first-order valence-electron chi connectivity index (χ1n) is 10.1. The van der Waals surface area contributed by atoms with Crippen molar-refractivity contribution in [3.05, 3.63) is 46.3 Å². The quantitative estimate of drug-likeness (QED) is 0.694. The minimum Gasteiger partial charge on any atom is -0.507 e. The first kappa shape index (κ1) is 20.9. The summed E-state index contributed by atoms with van der Waals surface area (Å²) in [7, 11) is 0. The van der Waals surface area contributed by atoms with Crippen LogP contribution in [-0.2, 0) is 0 Å². The normalized spacial score (nSPS) is 16.4. The molecule has 1 aliphatic heterocycles. The third-order valence-electron chi connectivity index (χ3n) is 5.52. The summed E-state index contributed by atoms with van der Waals surface area (Å²) in [6.45, 7) is 9.41. The zero-order valence-electron chi connectivity index (χ0n) is 17.2. The maximum atomic E-state index is 10.4. The van der Waals surface area contributed by atoms with Crippen molar-refractivity contribution in [1.29, 1.82) is 5.26 Å². The molecule has 1 unspecified atom stereocenters. The molecule has 0 saturated carbocycles. The number of aryl methyl sites for hydroxylation is 1. The zero-order valence-corrected chi connectivity index (χ0v) is 17.2. The van der Waals surface area contributed by atoms with E-state index in [2.05, 4.69) is 30.9 Å². The number of unbranched alkanes of at least 4 members (excludes halogenated alkanes) is 1. The van der Waals surface area contributed by atoms with E-state index in [1.165, 1.54) is 25.3 Å². The second kappa shape index (κ2) is 9.50. The van der Waals surface area contributed by atoms with Crippen LogP contribution in [0.5, 0.6) is 5.75 Å². The largest absolute Gasteiger partial charge is 0.507 e. The predicted octanol–water partition coefficient (Wildman–Crippen LogP) is 5.21. The van der Waals surface area contributed by atoms with Crippen molar-refractivity contribution in [3.8, 4) is 11.8 Å². The first-order valence-corrected chi connectivity index (χ1v) is 10.1. The highest BCUT2D eigenvalue weighted by molar-refractivity contribution is 5.74. The van der Waals surface area contributed by atoms with Crippen molar-refractivity contribution in [2.45, 2.75) is 72.3 Å². The number of nitrogens with zero attached hydrogens (tertiary/aromatic N) is 2. The van der Waals surface area contributed by atoms with E-state index in [1.807, 2.05) is 19.9 Å². The fraction of sp³-hybridized carbons (Fsp3) is 0.522. The van der Waals surface area contributed by atoms with Gasteiger partial charge in [-0.1, -0.05) is 32.8 Å². The van der Waals surface area contributed by atoms with Gasteiger partial charge in [0.15, 0.2) is 0 Å². The maximum absolute atomic E-state index is 10.4. The number of hydrogen-bond acceptors (Lipinski definition) is 4. The molecule has 0 spiro atoms. The van der Waals surface area contributed by atoms with Crippen molar-refractivity contribution in [2.75, 3.05) is 6.54 Å². The monoisotopic (exact) mass is 367 g/mol. The van der Waals surface area contributed by atoms with Crippen LogP contribution in [0.1, 0.15) is 76.0 Å². The number of rotatable bonds is 7. The number of benzene rings is 1. The van der Waals surface area contributed by atoms with Gasteiger partial charge in [-0.2, -0.15) is 5.26 Å². The number of aromatic hydroxyl groups is 1. The summed E-state index contributed by atoms with van der Waals surface area (Å²) in [6, 6.07) is 5.93. The molecule has 3 N–H and O–H groups in total. The summed E-state index contributed by atoms with van der Waals surface area (Å²) in [4.78, 5) is 2.38. The summed E-state index contributed by atoms with van der Waals surface area (Å²) >= 11 is 0. The van der Waals surface area contributed by atoms with Crippen LogP contribution in [-0.4, -0.2) is 22.6 Å². The molecule has 1 aromatic carbocycles. The molecular formula is C23H33N3O. The molecule has 1 aromatic rings. The number of hydrogen-bond donors (Lipinski definition) is 2. The predicted molar refractivity (Wildman–Crippen MR) is 112 cm³/mol. The lowest BCUT2D eigenvalue weighted by Crippen LogP contribution is -2.41. The SMILES string of the molecule is CCCCC(CC)N1CCCC(/C=C(\C)c2c(C)cc(C#N)cc2O)=C1N. The Balaban J connectivity index is 2.36. The van der Waals surface area contributed by atoms with Crippen molar-refractivity contribution < 1.29 is 5.11 Å². The average Bonchev–Trinajstić information content (AvgIpc) is 2.64. The lowest BCUT2D eigenvalue weighted by atomic mass is 9.94. The molecule has 146 valence electrons. The zero-order chi connectivity index (χ0) is 20.0. The van der Waals surface area contributed by atoms with Crippen LogP contribution in [0, 0.1) is 18.3 Å². The molecule has 4 heteroatoms. The molecule has 0 aromatic heterocycles. The van der Waals surface area contributed by atoms with Crippen LogP contribution in [0.2, 0.25) is 0 Å². The number of phenols is 1.